The van der Waals surface area contributed by atoms with E-state index >= 15 is 0 Å². The van der Waals surface area contributed by atoms with Crippen LogP contribution in [0.25, 0.3) is 11.3 Å². The lowest BCUT2D eigenvalue weighted by Crippen LogP contribution is -2.46. The van der Waals surface area contributed by atoms with Gasteiger partial charge in [0.2, 0.25) is 0 Å². The lowest BCUT2D eigenvalue weighted by atomic mass is 9.97. The molecular weight excluding hydrogens is 528 g/mol. The molecular formula is C32H34N8O2. The van der Waals surface area contributed by atoms with E-state index in [0.29, 0.717) is 54.4 Å². The second-order valence-corrected chi connectivity index (χ2v) is 10.6. The topological polar surface area (TPSA) is 142 Å². The Balaban J connectivity index is 1.20. The van der Waals surface area contributed by atoms with Crippen LogP contribution in [0.15, 0.2) is 72.8 Å². The van der Waals surface area contributed by atoms with E-state index in [2.05, 4.69) is 21.0 Å². The number of hydrogen-bond acceptors (Lipinski definition) is 6. The van der Waals surface area contributed by atoms with Gasteiger partial charge in [0.25, 0.3) is 5.91 Å². The molecule has 0 bridgehead atoms. The summed E-state index contributed by atoms with van der Waals surface area (Å²) in [6, 6.07) is 22.8. The van der Waals surface area contributed by atoms with Crippen molar-refractivity contribution in [1.29, 1.82) is 5.41 Å². The lowest BCUT2D eigenvalue weighted by Gasteiger charge is -2.27. The summed E-state index contributed by atoms with van der Waals surface area (Å²) >= 11 is 0. The van der Waals surface area contributed by atoms with Gasteiger partial charge in [-0.25, -0.2) is 10.6 Å². The predicted octanol–water partition coefficient (Wildman–Crippen LogP) is 4.28. The third kappa shape index (κ3) is 5.25. The summed E-state index contributed by atoms with van der Waals surface area (Å²) in [4.78, 5) is 32.9. The standard InChI is InChI=1S/C32H34N8O2/c1-20-25(7-4-8-27(20)37-32(42)40-18-23-5-2-3-6-24(23)19-40)29(33)26-17-28(36-30(26)38-34)21-9-11-22(12-10-21)31(41)39-15-13-35-14-16-39/h2-12,17,33,35-36,38H,13-16,18-19,34H2,1H3,(H,37,42). The van der Waals surface area contributed by atoms with Crippen LogP contribution >= 0.6 is 0 Å². The number of nitrogens with zero attached hydrogens (tertiary/aromatic N) is 2. The van der Waals surface area contributed by atoms with Crippen molar-refractivity contribution in [2.24, 2.45) is 5.84 Å². The molecule has 0 unspecified atom stereocenters. The molecule has 42 heavy (non-hydrogen) atoms. The molecule has 0 aliphatic carbocycles. The summed E-state index contributed by atoms with van der Waals surface area (Å²) < 4.78 is 0. The molecule has 2 aliphatic heterocycles. The minimum atomic E-state index is -0.176. The third-order valence-electron chi connectivity index (χ3n) is 8.05. The van der Waals surface area contributed by atoms with Gasteiger partial charge in [0.1, 0.15) is 5.82 Å². The number of rotatable bonds is 6. The first-order chi connectivity index (χ1) is 20.4. The van der Waals surface area contributed by atoms with Gasteiger partial charge in [-0.05, 0) is 53.4 Å². The number of piperazine rings is 1. The maximum Gasteiger partial charge on any atom is 0.322 e. The molecule has 10 heteroatoms. The van der Waals surface area contributed by atoms with Crippen molar-refractivity contribution in [3.63, 3.8) is 0 Å². The number of amides is 3. The number of urea groups is 1. The molecule has 7 N–H and O–H groups in total. The van der Waals surface area contributed by atoms with Gasteiger partial charge >= 0.3 is 6.03 Å². The van der Waals surface area contributed by atoms with Gasteiger partial charge in [-0.15, -0.1) is 0 Å². The van der Waals surface area contributed by atoms with E-state index in [1.165, 1.54) is 0 Å². The Hall–Kier alpha value is -4.93. The Morgan fingerprint density at radius 2 is 1.57 bits per heavy atom. The molecule has 214 valence electrons. The first-order valence-electron chi connectivity index (χ1n) is 14.0. The average molecular weight is 563 g/mol. The molecule has 0 saturated carbocycles. The Morgan fingerprint density at radius 3 is 2.24 bits per heavy atom. The first kappa shape index (κ1) is 27.3. The second-order valence-electron chi connectivity index (χ2n) is 10.6. The summed E-state index contributed by atoms with van der Waals surface area (Å²) in [5, 5.41) is 15.4. The summed E-state index contributed by atoms with van der Waals surface area (Å²) in [5.41, 5.74) is 10.2. The molecule has 0 radical (unpaired) electrons. The number of nitrogens with two attached hydrogens (primary N) is 1. The summed E-state index contributed by atoms with van der Waals surface area (Å²) in [5.74, 6) is 6.37. The van der Waals surface area contributed by atoms with Crippen LogP contribution in [0.3, 0.4) is 0 Å². The minimum absolute atomic E-state index is 0.0260. The normalized spacial score (nSPS) is 14.4. The summed E-state index contributed by atoms with van der Waals surface area (Å²) in [6.45, 7) is 6.04. The molecule has 2 aliphatic rings. The molecule has 0 atom stereocenters. The van der Waals surface area contributed by atoms with Crippen LogP contribution in [0.5, 0.6) is 0 Å². The van der Waals surface area contributed by atoms with Crippen LogP contribution in [0.1, 0.15) is 38.2 Å². The number of carbonyl (C=O) groups excluding carboxylic acids is 2. The van der Waals surface area contributed by atoms with Crippen molar-refractivity contribution < 1.29 is 9.59 Å². The number of anilines is 2. The molecule has 1 saturated heterocycles. The van der Waals surface area contributed by atoms with Gasteiger partial charge in [0.15, 0.2) is 0 Å². The fourth-order valence-electron chi connectivity index (χ4n) is 5.62. The molecule has 10 nitrogen and oxygen atoms in total. The van der Waals surface area contributed by atoms with E-state index < -0.39 is 0 Å². The van der Waals surface area contributed by atoms with Crippen molar-refractivity contribution in [3.8, 4) is 11.3 Å². The van der Waals surface area contributed by atoms with Crippen molar-refractivity contribution in [3.05, 3.63) is 106 Å². The lowest BCUT2D eigenvalue weighted by molar-refractivity contribution is 0.0736. The molecule has 3 aromatic carbocycles. The molecule has 3 heterocycles. The quantitative estimate of drug-likeness (QED) is 0.118. The Labute approximate surface area is 244 Å². The van der Waals surface area contributed by atoms with Gasteiger partial charge in [-0.3, -0.25) is 10.2 Å². The van der Waals surface area contributed by atoms with E-state index in [-0.39, 0.29) is 17.6 Å². The number of benzene rings is 3. The molecule has 1 aromatic heterocycles. The highest BCUT2D eigenvalue weighted by molar-refractivity contribution is 6.16. The monoisotopic (exact) mass is 562 g/mol. The van der Waals surface area contributed by atoms with E-state index in [1.54, 1.807) is 4.90 Å². The van der Waals surface area contributed by atoms with E-state index in [9.17, 15) is 9.59 Å². The Bertz CT molecular complexity index is 1630. The number of hydrazine groups is 1. The van der Waals surface area contributed by atoms with Crippen molar-refractivity contribution >= 4 is 29.2 Å². The van der Waals surface area contributed by atoms with Crippen LogP contribution in [0.4, 0.5) is 16.3 Å². The van der Waals surface area contributed by atoms with E-state index in [4.69, 9.17) is 11.3 Å². The van der Waals surface area contributed by atoms with Crippen LogP contribution in [-0.4, -0.2) is 58.6 Å². The highest BCUT2D eigenvalue weighted by atomic mass is 16.2. The molecule has 6 rings (SSSR count). The zero-order chi connectivity index (χ0) is 29.2. The molecule has 3 amide bonds. The predicted molar refractivity (Wildman–Crippen MR) is 165 cm³/mol. The number of aromatic amines is 1. The van der Waals surface area contributed by atoms with E-state index in [0.717, 1.165) is 41.0 Å². The van der Waals surface area contributed by atoms with E-state index in [1.807, 2.05) is 84.6 Å². The Kier molecular flexibility index (Phi) is 7.47. The molecule has 0 spiro atoms. The summed E-state index contributed by atoms with van der Waals surface area (Å²) in [7, 11) is 0. The van der Waals surface area contributed by atoms with Gasteiger partial charge in [-0.2, -0.15) is 0 Å². The van der Waals surface area contributed by atoms with Gasteiger partial charge < -0.3 is 30.8 Å². The van der Waals surface area contributed by atoms with Crippen molar-refractivity contribution in [2.75, 3.05) is 36.9 Å². The largest absolute Gasteiger partial charge is 0.340 e. The van der Waals surface area contributed by atoms with Gasteiger partial charge in [-0.1, -0.05) is 48.5 Å². The zero-order valence-electron chi connectivity index (χ0n) is 23.5. The van der Waals surface area contributed by atoms with Gasteiger partial charge in [0.05, 0.1) is 5.71 Å². The SMILES string of the molecule is Cc1c(NC(=O)N2Cc3ccccc3C2)cccc1C(=N)c1cc(-c2ccc(C(=O)N3CCNCC3)cc2)[nH]c1NN. The van der Waals surface area contributed by atoms with Gasteiger partial charge in [0, 0.05) is 67.3 Å². The smallest absolute Gasteiger partial charge is 0.322 e. The van der Waals surface area contributed by atoms with Crippen molar-refractivity contribution in [1.82, 2.24) is 20.1 Å². The fraction of sp³-hybridized carbons (Fsp3) is 0.219. The van der Waals surface area contributed by atoms with Crippen LogP contribution < -0.4 is 21.9 Å². The fourth-order valence-corrected chi connectivity index (χ4v) is 5.62. The number of carbonyl (C=O) groups is 2. The number of fused-ring (bicyclic) bond motifs is 1. The second kappa shape index (κ2) is 11.5. The molecule has 1 fully saturated rings. The number of nitrogens with one attached hydrogen (secondary N) is 5. The number of H-pyrrole nitrogens is 1. The number of hydrogen-bond donors (Lipinski definition) is 6. The number of aromatic nitrogens is 1. The van der Waals surface area contributed by atoms with Crippen molar-refractivity contribution in [2.45, 2.75) is 20.0 Å². The minimum Gasteiger partial charge on any atom is -0.340 e. The average Bonchev–Trinajstić information content (AvgIpc) is 3.67. The third-order valence-corrected chi connectivity index (χ3v) is 8.05. The molecule has 4 aromatic rings. The Morgan fingerprint density at radius 1 is 0.881 bits per heavy atom. The zero-order valence-corrected chi connectivity index (χ0v) is 23.5. The van der Waals surface area contributed by atoms with Crippen LogP contribution in [0, 0.1) is 12.3 Å². The maximum absolute atomic E-state index is 13.1. The van der Waals surface area contributed by atoms with Crippen LogP contribution in [-0.2, 0) is 13.1 Å². The van der Waals surface area contributed by atoms with Crippen LogP contribution in [0.2, 0.25) is 0 Å². The highest BCUT2D eigenvalue weighted by Crippen LogP contribution is 2.30. The summed E-state index contributed by atoms with van der Waals surface area (Å²) in [6.07, 6.45) is 0. The number of nitrogen functional groups attached to an aromatic ring is 1. The highest BCUT2D eigenvalue weighted by Gasteiger charge is 2.24. The maximum atomic E-state index is 13.1. The first-order valence-corrected chi connectivity index (χ1v) is 14.0.